The van der Waals surface area contributed by atoms with E-state index in [4.69, 9.17) is 0 Å². The van der Waals surface area contributed by atoms with Crippen molar-refractivity contribution in [3.05, 3.63) is 12.4 Å². The molecule has 6 nitrogen and oxygen atoms in total. The van der Waals surface area contributed by atoms with E-state index >= 15 is 0 Å². The molecule has 1 fully saturated rings. The average molecular weight is 196 g/mol. The summed E-state index contributed by atoms with van der Waals surface area (Å²) in [7, 11) is 1.39. The molecule has 0 saturated carbocycles. The maximum atomic E-state index is 11.2. The van der Waals surface area contributed by atoms with Crippen LogP contribution < -0.4 is 5.32 Å². The smallest absolute Gasteiger partial charge is 0.322 e. The first-order valence-electron chi connectivity index (χ1n) is 4.48. The van der Waals surface area contributed by atoms with Gasteiger partial charge in [0.25, 0.3) is 0 Å². The molecule has 2 heterocycles. The van der Waals surface area contributed by atoms with Gasteiger partial charge in [-0.2, -0.15) is 15.0 Å². The minimum absolute atomic E-state index is 0.147. The van der Waals surface area contributed by atoms with Crippen LogP contribution in [0.1, 0.15) is 12.5 Å². The first-order valence-corrected chi connectivity index (χ1v) is 4.48. The molecule has 2 rings (SSSR count). The number of ether oxygens (including phenoxy) is 1. The number of esters is 1. The summed E-state index contributed by atoms with van der Waals surface area (Å²) in [6.45, 7) is 0.703. The van der Waals surface area contributed by atoms with Gasteiger partial charge in [0.2, 0.25) is 0 Å². The summed E-state index contributed by atoms with van der Waals surface area (Å²) in [6.07, 6.45) is 3.94. The van der Waals surface area contributed by atoms with Crippen LogP contribution in [0.2, 0.25) is 0 Å². The zero-order chi connectivity index (χ0) is 9.97. The van der Waals surface area contributed by atoms with Gasteiger partial charge in [-0.1, -0.05) is 0 Å². The van der Waals surface area contributed by atoms with Crippen LogP contribution in [-0.4, -0.2) is 40.7 Å². The highest BCUT2D eigenvalue weighted by Crippen LogP contribution is 2.17. The molecule has 0 aromatic carbocycles. The SMILES string of the molecule is COC(=O)[C@H]1C[C@@H](n2nccn2)CN1. The lowest BCUT2D eigenvalue weighted by molar-refractivity contribution is -0.142. The fourth-order valence-electron chi connectivity index (χ4n) is 1.63. The third kappa shape index (κ3) is 1.60. The summed E-state index contributed by atoms with van der Waals surface area (Å²) in [4.78, 5) is 12.8. The number of methoxy groups -OCH3 is 1. The number of nitrogens with zero attached hydrogens (tertiary/aromatic N) is 3. The van der Waals surface area contributed by atoms with Gasteiger partial charge in [0.1, 0.15) is 6.04 Å². The molecule has 6 heteroatoms. The molecule has 1 aliphatic rings. The number of carbonyl (C=O) groups excluding carboxylic acids is 1. The lowest BCUT2D eigenvalue weighted by atomic mass is 10.2. The Morgan fingerprint density at radius 1 is 1.57 bits per heavy atom. The highest BCUT2D eigenvalue weighted by molar-refractivity contribution is 5.76. The van der Waals surface area contributed by atoms with E-state index in [1.807, 2.05) is 0 Å². The van der Waals surface area contributed by atoms with E-state index in [9.17, 15) is 4.79 Å². The molecule has 0 aliphatic carbocycles. The number of carbonyl (C=O) groups is 1. The number of rotatable bonds is 2. The van der Waals surface area contributed by atoms with Gasteiger partial charge in [0, 0.05) is 6.54 Å². The molecule has 1 N–H and O–H groups in total. The Morgan fingerprint density at radius 2 is 2.29 bits per heavy atom. The third-order valence-corrected chi connectivity index (χ3v) is 2.36. The lowest BCUT2D eigenvalue weighted by Crippen LogP contribution is -2.31. The molecule has 0 unspecified atom stereocenters. The van der Waals surface area contributed by atoms with Crippen molar-refractivity contribution in [2.45, 2.75) is 18.5 Å². The van der Waals surface area contributed by atoms with Crippen molar-refractivity contribution in [3.63, 3.8) is 0 Å². The first-order chi connectivity index (χ1) is 6.81. The summed E-state index contributed by atoms with van der Waals surface area (Å²) in [5, 5.41) is 11.1. The molecular formula is C8H12N4O2. The second-order valence-corrected chi connectivity index (χ2v) is 3.22. The van der Waals surface area contributed by atoms with Crippen LogP contribution >= 0.6 is 0 Å². The van der Waals surface area contributed by atoms with Crippen LogP contribution in [0.15, 0.2) is 12.4 Å². The van der Waals surface area contributed by atoms with E-state index in [0.29, 0.717) is 13.0 Å². The van der Waals surface area contributed by atoms with E-state index in [0.717, 1.165) is 0 Å². The fraction of sp³-hybridized carbons (Fsp3) is 0.625. The molecule has 1 aromatic rings. The van der Waals surface area contributed by atoms with E-state index in [1.165, 1.54) is 7.11 Å². The Kier molecular flexibility index (Phi) is 2.45. The topological polar surface area (TPSA) is 69.0 Å². The summed E-state index contributed by atoms with van der Waals surface area (Å²) in [5.41, 5.74) is 0. The molecule has 0 spiro atoms. The van der Waals surface area contributed by atoms with Gasteiger partial charge in [-0.05, 0) is 6.42 Å². The highest BCUT2D eigenvalue weighted by atomic mass is 16.5. The minimum Gasteiger partial charge on any atom is -0.468 e. The van der Waals surface area contributed by atoms with Crippen LogP contribution in [0.5, 0.6) is 0 Å². The van der Waals surface area contributed by atoms with Crippen molar-refractivity contribution in [2.24, 2.45) is 0 Å². The molecule has 0 radical (unpaired) electrons. The van der Waals surface area contributed by atoms with Gasteiger partial charge >= 0.3 is 5.97 Å². The molecule has 0 bridgehead atoms. The zero-order valence-corrected chi connectivity index (χ0v) is 7.88. The molecule has 76 valence electrons. The van der Waals surface area contributed by atoms with Crippen molar-refractivity contribution in [1.82, 2.24) is 20.3 Å². The van der Waals surface area contributed by atoms with Crippen molar-refractivity contribution < 1.29 is 9.53 Å². The van der Waals surface area contributed by atoms with Crippen LogP contribution in [0.4, 0.5) is 0 Å². The second-order valence-electron chi connectivity index (χ2n) is 3.22. The molecule has 1 saturated heterocycles. The monoisotopic (exact) mass is 196 g/mol. The van der Waals surface area contributed by atoms with Gasteiger partial charge in [-0.15, -0.1) is 0 Å². The fourth-order valence-corrected chi connectivity index (χ4v) is 1.63. The predicted octanol–water partition coefficient (Wildman–Crippen LogP) is -0.646. The Hall–Kier alpha value is -1.43. The number of hydrogen-bond acceptors (Lipinski definition) is 5. The predicted molar refractivity (Wildman–Crippen MR) is 47.5 cm³/mol. The minimum atomic E-state index is -0.226. The van der Waals surface area contributed by atoms with Crippen molar-refractivity contribution in [3.8, 4) is 0 Å². The molecule has 1 aliphatic heterocycles. The van der Waals surface area contributed by atoms with E-state index in [-0.39, 0.29) is 18.1 Å². The Morgan fingerprint density at radius 3 is 2.93 bits per heavy atom. The van der Waals surface area contributed by atoms with Crippen molar-refractivity contribution in [2.75, 3.05) is 13.7 Å². The van der Waals surface area contributed by atoms with Crippen LogP contribution in [0.3, 0.4) is 0 Å². The summed E-state index contributed by atoms with van der Waals surface area (Å²) < 4.78 is 4.65. The van der Waals surface area contributed by atoms with Crippen LogP contribution in [0, 0.1) is 0 Å². The van der Waals surface area contributed by atoms with E-state index in [2.05, 4.69) is 20.3 Å². The molecule has 1 aromatic heterocycles. The Balaban J connectivity index is 1.98. The largest absolute Gasteiger partial charge is 0.468 e. The Labute approximate surface area is 81.2 Å². The number of nitrogens with one attached hydrogen (secondary N) is 1. The number of aromatic nitrogens is 3. The first kappa shape index (κ1) is 9.14. The van der Waals surface area contributed by atoms with Gasteiger partial charge in [0.05, 0.1) is 25.5 Å². The second kappa shape index (κ2) is 3.75. The summed E-state index contributed by atoms with van der Waals surface area (Å²) in [6, 6.07) is -0.0786. The normalized spacial score (nSPS) is 26.4. The van der Waals surface area contributed by atoms with Gasteiger partial charge in [0.15, 0.2) is 0 Å². The standard InChI is InChI=1S/C8H12N4O2/c1-14-8(13)7-4-6(5-9-7)12-10-2-3-11-12/h2-3,6-7,9H,4-5H2,1H3/t6-,7-/m1/s1. The van der Waals surface area contributed by atoms with E-state index < -0.39 is 0 Å². The zero-order valence-electron chi connectivity index (χ0n) is 7.88. The quantitative estimate of drug-likeness (QED) is 0.637. The Bertz CT molecular complexity index is 311. The maximum absolute atomic E-state index is 11.2. The lowest BCUT2D eigenvalue weighted by Gasteiger charge is -2.07. The van der Waals surface area contributed by atoms with Crippen LogP contribution in [0.25, 0.3) is 0 Å². The summed E-state index contributed by atoms with van der Waals surface area (Å²) in [5.74, 6) is -0.223. The average Bonchev–Trinajstić information content (AvgIpc) is 2.86. The van der Waals surface area contributed by atoms with Gasteiger partial charge in [-0.25, -0.2) is 0 Å². The van der Waals surface area contributed by atoms with Crippen molar-refractivity contribution >= 4 is 5.97 Å². The third-order valence-electron chi connectivity index (χ3n) is 2.36. The van der Waals surface area contributed by atoms with Crippen LogP contribution in [-0.2, 0) is 9.53 Å². The van der Waals surface area contributed by atoms with E-state index in [1.54, 1.807) is 17.2 Å². The maximum Gasteiger partial charge on any atom is 0.322 e. The van der Waals surface area contributed by atoms with Gasteiger partial charge < -0.3 is 10.1 Å². The molecule has 14 heavy (non-hydrogen) atoms. The molecule has 2 atom stereocenters. The highest BCUT2D eigenvalue weighted by Gasteiger charge is 2.31. The molecular weight excluding hydrogens is 184 g/mol. The van der Waals surface area contributed by atoms with Gasteiger partial charge in [-0.3, -0.25) is 4.79 Å². The number of hydrogen-bond donors (Lipinski definition) is 1. The van der Waals surface area contributed by atoms with Crippen molar-refractivity contribution in [1.29, 1.82) is 0 Å². The molecule has 0 amide bonds. The summed E-state index contributed by atoms with van der Waals surface area (Å²) >= 11 is 0.